The number of anilines is 1. The molecule has 0 fully saturated rings. The molecule has 2 aromatic carbocycles. The maximum Gasteiger partial charge on any atom is 0.241 e. The van der Waals surface area contributed by atoms with Crippen molar-refractivity contribution in [3.8, 4) is 5.75 Å². The third-order valence-electron chi connectivity index (χ3n) is 3.80. The van der Waals surface area contributed by atoms with Crippen LogP contribution in [0.3, 0.4) is 0 Å². The van der Waals surface area contributed by atoms with E-state index in [1.807, 2.05) is 74.3 Å². The van der Waals surface area contributed by atoms with E-state index in [4.69, 9.17) is 4.74 Å². The molecular formula is C19H23BrN2O2. The lowest BCUT2D eigenvalue weighted by atomic mass is 10.1. The van der Waals surface area contributed by atoms with E-state index < -0.39 is 0 Å². The highest BCUT2D eigenvalue weighted by Gasteiger charge is 2.18. The van der Waals surface area contributed by atoms with Gasteiger partial charge >= 0.3 is 0 Å². The first-order valence-electron chi connectivity index (χ1n) is 7.98. The van der Waals surface area contributed by atoms with Gasteiger partial charge in [0.25, 0.3) is 0 Å². The summed E-state index contributed by atoms with van der Waals surface area (Å²) in [6, 6.07) is 15.3. The number of likely N-dealkylation sites (N-methyl/N-ethyl adjacent to an activating group) is 1. The second-order valence-electron chi connectivity index (χ2n) is 5.67. The Morgan fingerprint density at radius 1 is 1.25 bits per heavy atom. The van der Waals surface area contributed by atoms with Crippen LogP contribution in [0.2, 0.25) is 0 Å². The first kappa shape index (κ1) is 18.5. The fourth-order valence-electron chi connectivity index (χ4n) is 2.30. The Kier molecular flexibility index (Phi) is 6.82. The lowest BCUT2D eigenvalue weighted by Gasteiger charge is -2.24. The minimum absolute atomic E-state index is 0.0264. The van der Waals surface area contributed by atoms with Crippen molar-refractivity contribution in [2.75, 3.05) is 19.0 Å². The van der Waals surface area contributed by atoms with E-state index in [0.29, 0.717) is 13.2 Å². The Morgan fingerprint density at radius 2 is 1.96 bits per heavy atom. The van der Waals surface area contributed by atoms with Crippen LogP contribution in [0.4, 0.5) is 5.69 Å². The fourth-order valence-corrected chi connectivity index (χ4v) is 2.70. The van der Waals surface area contributed by atoms with Crippen molar-refractivity contribution in [3.63, 3.8) is 0 Å². The number of nitrogens with one attached hydrogen (secondary N) is 1. The van der Waals surface area contributed by atoms with Crippen LogP contribution in [0.25, 0.3) is 0 Å². The zero-order valence-corrected chi connectivity index (χ0v) is 15.8. The van der Waals surface area contributed by atoms with Gasteiger partial charge < -0.3 is 10.1 Å². The van der Waals surface area contributed by atoms with Gasteiger partial charge in [-0.3, -0.25) is 9.69 Å². The van der Waals surface area contributed by atoms with Crippen LogP contribution in [0.5, 0.6) is 5.75 Å². The largest absolute Gasteiger partial charge is 0.494 e. The summed E-state index contributed by atoms with van der Waals surface area (Å²) in [5, 5.41) is 2.94. The molecule has 0 bridgehead atoms. The Balaban J connectivity index is 1.93. The monoisotopic (exact) mass is 390 g/mol. The molecular weight excluding hydrogens is 368 g/mol. The highest BCUT2D eigenvalue weighted by molar-refractivity contribution is 9.10. The van der Waals surface area contributed by atoms with E-state index in [9.17, 15) is 4.79 Å². The molecule has 0 spiro atoms. The first-order valence-corrected chi connectivity index (χ1v) is 8.77. The topological polar surface area (TPSA) is 41.6 Å². The predicted molar refractivity (Wildman–Crippen MR) is 101 cm³/mol. The van der Waals surface area contributed by atoms with Gasteiger partial charge in [-0.25, -0.2) is 0 Å². The van der Waals surface area contributed by atoms with Gasteiger partial charge in [0.1, 0.15) is 5.75 Å². The van der Waals surface area contributed by atoms with E-state index >= 15 is 0 Å². The van der Waals surface area contributed by atoms with Crippen molar-refractivity contribution in [2.24, 2.45) is 0 Å². The smallest absolute Gasteiger partial charge is 0.241 e. The third kappa shape index (κ3) is 5.35. The molecule has 2 rings (SSSR count). The molecule has 0 saturated carbocycles. The molecule has 24 heavy (non-hydrogen) atoms. The van der Waals surface area contributed by atoms with Crippen molar-refractivity contribution in [2.45, 2.75) is 26.4 Å². The van der Waals surface area contributed by atoms with Gasteiger partial charge in [-0.15, -0.1) is 0 Å². The van der Waals surface area contributed by atoms with Crippen molar-refractivity contribution >= 4 is 27.5 Å². The summed E-state index contributed by atoms with van der Waals surface area (Å²) in [6.07, 6.45) is 0. The second-order valence-corrected chi connectivity index (χ2v) is 6.58. The van der Waals surface area contributed by atoms with E-state index in [-0.39, 0.29) is 11.9 Å². The molecule has 128 valence electrons. The summed E-state index contributed by atoms with van der Waals surface area (Å²) in [4.78, 5) is 14.4. The molecule has 0 radical (unpaired) electrons. The molecule has 2 aromatic rings. The van der Waals surface area contributed by atoms with Crippen molar-refractivity contribution in [3.05, 3.63) is 58.6 Å². The number of ether oxygens (including phenoxy) is 1. The van der Waals surface area contributed by atoms with Gasteiger partial charge in [-0.2, -0.15) is 0 Å². The van der Waals surface area contributed by atoms with E-state index in [1.54, 1.807) is 0 Å². The Hall–Kier alpha value is -1.85. The minimum Gasteiger partial charge on any atom is -0.494 e. The Bertz CT molecular complexity index is 673. The van der Waals surface area contributed by atoms with Crippen LogP contribution < -0.4 is 10.1 Å². The average molecular weight is 391 g/mol. The molecule has 1 unspecified atom stereocenters. The number of hydrogen-bond donors (Lipinski definition) is 1. The molecule has 0 saturated heterocycles. The lowest BCUT2D eigenvalue weighted by molar-refractivity contribution is -0.120. The molecule has 1 atom stereocenters. The lowest BCUT2D eigenvalue weighted by Crippen LogP contribution is -2.39. The number of benzene rings is 2. The average Bonchev–Trinajstić information content (AvgIpc) is 2.56. The Labute approximate surface area is 151 Å². The third-order valence-corrected chi connectivity index (χ3v) is 4.29. The van der Waals surface area contributed by atoms with E-state index in [0.717, 1.165) is 21.5 Å². The Morgan fingerprint density at radius 3 is 2.58 bits per heavy atom. The first-order chi connectivity index (χ1) is 11.5. The second kappa shape index (κ2) is 8.85. The van der Waals surface area contributed by atoms with E-state index in [1.165, 1.54) is 0 Å². The fraction of sp³-hybridized carbons (Fsp3) is 0.316. The number of hydrogen-bond acceptors (Lipinski definition) is 3. The van der Waals surface area contributed by atoms with Gasteiger partial charge in [0.15, 0.2) is 0 Å². The summed E-state index contributed by atoms with van der Waals surface area (Å²) in [5.74, 6) is 0.839. The van der Waals surface area contributed by atoms with Crippen LogP contribution in [0.1, 0.15) is 19.4 Å². The standard InChI is InChI=1S/C19H23BrN2O2/c1-4-24-18-10-8-15(9-11-18)13-22(3)14(2)19(23)21-17-7-5-6-16(20)12-17/h5-12,14H,4,13H2,1-3H3,(H,21,23). The number of rotatable bonds is 7. The number of nitrogens with zero attached hydrogens (tertiary/aromatic N) is 1. The maximum absolute atomic E-state index is 12.4. The highest BCUT2D eigenvalue weighted by atomic mass is 79.9. The molecule has 1 amide bonds. The zero-order chi connectivity index (χ0) is 17.5. The summed E-state index contributed by atoms with van der Waals surface area (Å²) in [6.45, 7) is 5.22. The molecule has 0 aliphatic rings. The predicted octanol–water partition coefficient (Wildman–Crippen LogP) is 4.31. The summed E-state index contributed by atoms with van der Waals surface area (Å²) < 4.78 is 6.39. The van der Waals surface area contributed by atoms with Gasteiger partial charge in [0.2, 0.25) is 5.91 Å². The SMILES string of the molecule is CCOc1ccc(CN(C)C(C)C(=O)Nc2cccc(Br)c2)cc1. The van der Waals surface area contributed by atoms with E-state index in [2.05, 4.69) is 21.2 Å². The van der Waals surface area contributed by atoms with Gasteiger partial charge in [0, 0.05) is 16.7 Å². The van der Waals surface area contributed by atoms with Gasteiger partial charge in [-0.1, -0.05) is 34.1 Å². The maximum atomic E-state index is 12.4. The van der Waals surface area contributed by atoms with Crippen LogP contribution >= 0.6 is 15.9 Å². The summed E-state index contributed by atoms with van der Waals surface area (Å²) >= 11 is 3.41. The molecule has 0 aromatic heterocycles. The van der Waals surface area contributed by atoms with Crippen LogP contribution in [0, 0.1) is 0 Å². The normalized spacial score (nSPS) is 12.0. The molecule has 0 heterocycles. The highest BCUT2D eigenvalue weighted by Crippen LogP contribution is 2.17. The molecule has 4 nitrogen and oxygen atoms in total. The van der Waals surface area contributed by atoms with Crippen molar-refractivity contribution in [1.29, 1.82) is 0 Å². The molecule has 5 heteroatoms. The quantitative estimate of drug-likeness (QED) is 0.765. The molecule has 0 aliphatic carbocycles. The zero-order valence-electron chi connectivity index (χ0n) is 14.3. The molecule has 0 aliphatic heterocycles. The summed E-state index contributed by atoms with van der Waals surface area (Å²) in [5.41, 5.74) is 1.93. The summed E-state index contributed by atoms with van der Waals surface area (Å²) in [7, 11) is 1.95. The number of amides is 1. The number of carbonyl (C=O) groups is 1. The molecule has 1 N–H and O–H groups in total. The van der Waals surface area contributed by atoms with Gasteiger partial charge in [-0.05, 0) is 56.8 Å². The van der Waals surface area contributed by atoms with Crippen molar-refractivity contribution in [1.82, 2.24) is 4.90 Å². The van der Waals surface area contributed by atoms with Gasteiger partial charge in [0.05, 0.1) is 12.6 Å². The number of halogens is 1. The number of carbonyl (C=O) groups excluding carboxylic acids is 1. The van der Waals surface area contributed by atoms with Crippen LogP contribution in [0.15, 0.2) is 53.0 Å². The minimum atomic E-state index is -0.240. The van der Waals surface area contributed by atoms with Crippen molar-refractivity contribution < 1.29 is 9.53 Å². The van der Waals surface area contributed by atoms with Crippen LogP contribution in [-0.4, -0.2) is 30.5 Å². The van der Waals surface area contributed by atoms with Crippen LogP contribution in [-0.2, 0) is 11.3 Å².